The van der Waals surface area contributed by atoms with Gasteiger partial charge in [-0.25, -0.2) is 26.9 Å². The summed E-state index contributed by atoms with van der Waals surface area (Å²) in [5, 5.41) is 18.2. The summed E-state index contributed by atoms with van der Waals surface area (Å²) in [7, 11) is -0.847. The Kier molecular flexibility index (Phi) is 12.0. The van der Waals surface area contributed by atoms with Crippen molar-refractivity contribution in [2.75, 3.05) is 39.8 Å². The molecular formula is C32H32N6O8S4Zn. The molecule has 2 aromatic rings. The van der Waals surface area contributed by atoms with Crippen molar-refractivity contribution in [3.05, 3.63) is 68.8 Å². The van der Waals surface area contributed by atoms with Crippen LogP contribution in [0.3, 0.4) is 0 Å². The summed E-state index contributed by atoms with van der Waals surface area (Å²) >= 11 is 10.9. The van der Waals surface area contributed by atoms with Gasteiger partial charge in [0.05, 0.1) is 45.1 Å². The van der Waals surface area contributed by atoms with Crippen molar-refractivity contribution in [2.24, 2.45) is 20.5 Å². The van der Waals surface area contributed by atoms with Crippen LogP contribution in [0.4, 0.5) is 0 Å². The molecule has 0 aliphatic carbocycles. The normalized spacial score (nSPS) is 21.8. The van der Waals surface area contributed by atoms with Crippen LogP contribution in [0.1, 0.15) is 46.2 Å². The summed E-state index contributed by atoms with van der Waals surface area (Å²) in [6.45, 7) is 3.54. The molecule has 0 fully saturated rings. The van der Waals surface area contributed by atoms with Crippen molar-refractivity contribution in [3.63, 3.8) is 0 Å². The van der Waals surface area contributed by atoms with Gasteiger partial charge in [-0.3, -0.25) is 9.59 Å². The molecule has 0 aromatic heterocycles. The number of fused-ring (bicyclic) bond motifs is 2. The van der Waals surface area contributed by atoms with E-state index in [1.165, 1.54) is 48.8 Å². The van der Waals surface area contributed by atoms with Crippen LogP contribution in [0.2, 0.25) is 0 Å². The number of hydrogen-bond acceptors (Lipinski definition) is 14. The number of carbonyl (C=O) groups is 2. The van der Waals surface area contributed by atoms with E-state index in [-0.39, 0.29) is 65.4 Å². The first-order chi connectivity index (χ1) is 23.5. The predicted octanol–water partition coefficient (Wildman–Crippen LogP) is 2.47. The Morgan fingerprint density at radius 3 is 1.35 bits per heavy atom. The van der Waals surface area contributed by atoms with Crippen molar-refractivity contribution in [1.82, 2.24) is 10.0 Å². The van der Waals surface area contributed by atoms with Crippen LogP contribution in [0.5, 0.6) is 0 Å². The molecule has 0 bridgehead atoms. The fraction of sp³-hybridized carbons (Fsp3) is 0.312. The Morgan fingerprint density at radius 2 is 1.06 bits per heavy atom. The molecule has 0 atom stereocenters. The molecule has 2 aromatic carbocycles. The molecule has 4 heterocycles. The van der Waals surface area contributed by atoms with E-state index >= 15 is 0 Å². The van der Waals surface area contributed by atoms with E-state index in [4.69, 9.17) is 34.9 Å². The number of rotatable bonds is 4. The van der Waals surface area contributed by atoms with Crippen molar-refractivity contribution in [1.29, 1.82) is 0 Å². The van der Waals surface area contributed by atoms with E-state index in [1.54, 1.807) is 40.1 Å². The molecule has 0 saturated carbocycles. The molecule has 0 spiro atoms. The van der Waals surface area contributed by atoms with Gasteiger partial charge in [-0.2, -0.15) is 20.0 Å². The minimum atomic E-state index is -3.38. The van der Waals surface area contributed by atoms with Crippen molar-refractivity contribution in [3.8, 4) is 0 Å². The summed E-state index contributed by atoms with van der Waals surface area (Å²) in [4.78, 5) is 35.1. The SMILES string of the molecule is CO/N=C1\CCS(=O)(=O)c2ccc(/C([S-])=C3\C=NN(C)C3=O)c(C)c21.CO/N=C1\CCS(=O)(=O)c2ccc(/C([S-])=C3\C=NN(C)C3=O)c(C)c21.[Zn+2]. The first-order valence-electron chi connectivity index (χ1n) is 15.0. The van der Waals surface area contributed by atoms with Crippen LogP contribution in [0.25, 0.3) is 9.81 Å². The summed E-state index contributed by atoms with van der Waals surface area (Å²) < 4.78 is 49.6. The average molecular weight is 822 g/mol. The number of sulfone groups is 2. The smallest absolute Gasteiger partial charge is 0.778 e. The molecule has 0 radical (unpaired) electrons. The van der Waals surface area contributed by atoms with Gasteiger partial charge in [0.25, 0.3) is 11.8 Å². The summed E-state index contributed by atoms with van der Waals surface area (Å²) in [5.74, 6) is -0.613. The van der Waals surface area contributed by atoms with Crippen LogP contribution >= 0.6 is 0 Å². The minimum absolute atomic E-state index is 0. The van der Waals surface area contributed by atoms with E-state index in [9.17, 15) is 26.4 Å². The maximum Gasteiger partial charge on any atom is 2.00 e. The molecule has 264 valence electrons. The minimum Gasteiger partial charge on any atom is -0.778 e. The second-order valence-electron chi connectivity index (χ2n) is 11.4. The fourth-order valence-electron chi connectivity index (χ4n) is 5.89. The monoisotopic (exact) mass is 820 g/mol. The van der Waals surface area contributed by atoms with Gasteiger partial charge in [0.1, 0.15) is 14.2 Å². The van der Waals surface area contributed by atoms with Gasteiger partial charge in [0.15, 0.2) is 19.7 Å². The second-order valence-corrected chi connectivity index (χ2v) is 16.4. The van der Waals surface area contributed by atoms with Gasteiger partial charge in [-0.15, -0.1) is 0 Å². The van der Waals surface area contributed by atoms with Gasteiger partial charge >= 0.3 is 19.5 Å². The molecule has 4 aliphatic rings. The topological polar surface area (TPSA) is 177 Å². The molecule has 4 aliphatic heterocycles. The quantitative estimate of drug-likeness (QED) is 0.193. The van der Waals surface area contributed by atoms with Crippen molar-refractivity contribution in [2.45, 2.75) is 36.5 Å². The molecule has 0 N–H and O–H groups in total. The first-order valence-corrected chi connectivity index (χ1v) is 19.1. The molecule has 51 heavy (non-hydrogen) atoms. The Morgan fingerprint density at radius 1 is 0.706 bits per heavy atom. The average Bonchev–Trinajstić information content (AvgIpc) is 3.59. The Hall–Kier alpha value is -3.90. The van der Waals surface area contributed by atoms with E-state index in [0.717, 1.165) is 0 Å². The number of benzene rings is 2. The summed E-state index contributed by atoms with van der Waals surface area (Å²) in [6, 6.07) is 6.31. The van der Waals surface area contributed by atoms with Crippen molar-refractivity contribution >= 4 is 90.4 Å². The molecule has 0 unspecified atom stereocenters. The van der Waals surface area contributed by atoms with Gasteiger partial charge in [0, 0.05) is 49.2 Å². The second kappa shape index (κ2) is 15.4. The molecule has 2 amide bonds. The van der Waals surface area contributed by atoms with E-state index in [1.807, 2.05) is 0 Å². The van der Waals surface area contributed by atoms with E-state index in [2.05, 4.69) is 20.5 Å². The number of hydrazone groups is 2. The van der Waals surface area contributed by atoms with Gasteiger partial charge in [-0.05, 0) is 48.2 Å². The third kappa shape index (κ3) is 7.40. The fourth-order valence-corrected chi connectivity index (χ4v) is 9.69. The zero-order chi connectivity index (χ0) is 36.7. The zero-order valence-corrected chi connectivity index (χ0v) is 34.8. The van der Waals surface area contributed by atoms with Gasteiger partial charge in [-0.1, -0.05) is 22.4 Å². The predicted molar refractivity (Wildman–Crippen MR) is 194 cm³/mol. The van der Waals surface area contributed by atoms with Crippen LogP contribution in [0.15, 0.2) is 65.7 Å². The summed E-state index contributed by atoms with van der Waals surface area (Å²) in [6.07, 6.45) is 3.37. The number of carbonyl (C=O) groups excluding carboxylic acids is 2. The Bertz CT molecular complexity index is 2090. The molecule has 6 rings (SSSR count). The number of hydrogen-bond donors (Lipinski definition) is 0. The maximum atomic E-state index is 12.4. The van der Waals surface area contributed by atoms with Gasteiger partial charge < -0.3 is 34.9 Å². The van der Waals surface area contributed by atoms with Crippen molar-refractivity contribution < 1.29 is 55.6 Å². The van der Waals surface area contributed by atoms with E-state index in [0.29, 0.717) is 65.8 Å². The maximum absolute atomic E-state index is 12.4. The van der Waals surface area contributed by atoms with Gasteiger partial charge in [0.2, 0.25) is 0 Å². The molecule has 19 heteroatoms. The number of amides is 2. The number of likely N-dealkylation sites (N-methyl/N-ethyl adjacent to an activating group) is 2. The van der Waals surface area contributed by atoms with Crippen LogP contribution in [-0.4, -0.2) is 102 Å². The first kappa shape index (κ1) is 39.9. The largest absolute Gasteiger partial charge is 2.00 e. The number of nitrogens with zero attached hydrogens (tertiary/aromatic N) is 6. The molecule has 14 nitrogen and oxygen atoms in total. The van der Waals surface area contributed by atoms with Crippen LogP contribution in [-0.2, 0) is 83.7 Å². The Labute approximate surface area is 319 Å². The number of oxime groups is 2. The molecule has 0 saturated heterocycles. The third-order valence-electron chi connectivity index (χ3n) is 8.47. The molecular weight excluding hydrogens is 790 g/mol. The standard InChI is InChI=1S/2C16H17N3O4S2.Zn/c2*1-9-10(15(24)11-8-17-19(2)16(11)20)4-5-13-14(9)12(18-23-3)6-7-25(13,21)22;/h2*4-5,8,24H,6-7H2,1-3H3;/q;;+2/p-2/b2*15-11-,18-12+;. The van der Waals surface area contributed by atoms with Crippen LogP contribution in [0, 0.1) is 13.8 Å². The summed E-state index contributed by atoms with van der Waals surface area (Å²) in [5.41, 5.74) is 5.28. The Balaban J connectivity index is 0.000000224. The zero-order valence-electron chi connectivity index (χ0n) is 28.6. The van der Waals surface area contributed by atoms with E-state index < -0.39 is 19.7 Å². The van der Waals surface area contributed by atoms with Crippen LogP contribution < -0.4 is 0 Å². The third-order valence-corrected chi connectivity index (χ3v) is 12.8.